The third-order valence-electron chi connectivity index (χ3n) is 2.83. The monoisotopic (exact) mass is 356 g/mol. The summed E-state index contributed by atoms with van der Waals surface area (Å²) in [7, 11) is 0. The van der Waals surface area contributed by atoms with Crippen molar-refractivity contribution >= 4 is 22.6 Å². The largest absolute Gasteiger partial charge is 0.271 e. The maximum absolute atomic E-state index is 12.9. The van der Waals surface area contributed by atoms with Gasteiger partial charge in [-0.1, -0.05) is 24.3 Å². The van der Waals surface area contributed by atoms with E-state index >= 15 is 0 Å². The lowest BCUT2D eigenvalue weighted by atomic mass is 9.99. The first-order valence-corrected chi connectivity index (χ1v) is 6.73. The molecule has 0 aliphatic rings. The van der Waals surface area contributed by atoms with Gasteiger partial charge in [-0.2, -0.15) is 0 Å². The van der Waals surface area contributed by atoms with Gasteiger partial charge in [-0.3, -0.25) is 11.3 Å². The third-order valence-corrected chi connectivity index (χ3v) is 3.55. The van der Waals surface area contributed by atoms with Crippen molar-refractivity contribution in [1.82, 2.24) is 5.43 Å². The summed E-state index contributed by atoms with van der Waals surface area (Å²) in [6.07, 6.45) is 0.777. The minimum atomic E-state index is -0.233. The molecule has 0 aromatic heterocycles. The van der Waals surface area contributed by atoms with Crippen molar-refractivity contribution in [2.45, 2.75) is 12.5 Å². The van der Waals surface area contributed by atoms with E-state index in [0.29, 0.717) is 0 Å². The molecule has 0 bridgehead atoms. The molecule has 2 rings (SSSR count). The second-order valence-corrected chi connectivity index (χ2v) is 5.35. The summed E-state index contributed by atoms with van der Waals surface area (Å²) < 4.78 is 14.1. The lowest BCUT2D eigenvalue weighted by Gasteiger charge is -2.16. The summed E-state index contributed by atoms with van der Waals surface area (Å²) in [4.78, 5) is 0. The molecule has 0 fully saturated rings. The van der Waals surface area contributed by atoms with Gasteiger partial charge in [-0.15, -0.1) is 0 Å². The normalized spacial score (nSPS) is 12.4. The zero-order valence-corrected chi connectivity index (χ0v) is 11.9. The fourth-order valence-electron chi connectivity index (χ4n) is 1.82. The summed E-state index contributed by atoms with van der Waals surface area (Å²) in [5.41, 5.74) is 4.96. The van der Waals surface area contributed by atoms with E-state index in [-0.39, 0.29) is 11.9 Å². The molecule has 2 nitrogen and oxygen atoms in total. The fraction of sp³-hybridized carbons (Fsp3) is 0.143. The predicted molar refractivity (Wildman–Crippen MR) is 79.3 cm³/mol. The van der Waals surface area contributed by atoms with Gasteiger partial charge < -0.3 is 0 Å². The molecule has 18 heavy (non-hydrogen) atoms. The highest BCUT2D eigenvalue weighted by molar-refractivity contribution is 14.1. The molecule has 0 amide bonds. The Morgan fingerprint density at radius 1 is 1.06 bits per heavy atom. The summed E-state index contributed by atoms with van der Waals surface area (Å²) in [5.74, 6) is 5.34. The highest BCUT2D eigenvalue weighted by Gasteiger charge is 2.10. The second-order valence-electron chi connectivity index (χ2n) is 4.10. The molecule has 0 saturated heterocycles. The first kappa shape index (κ1) is 13.5. The standard InChI is InChI=1S/C14H14FIN2/c15-12-5-3-11(4-6-12)14(18-17)9-10-1-7-13(16)8-2-10/h1-8,14,18H,9,17H2. The predicted octanol–water partition coefficient (Wildman–Crippen LogP) is 3.18. The van der Waals surface area contributed by atoms with Crippen LogP contribution in [-0.2, 0) is 6.42 Å². The maximum Gasteiger partial charge on any atom is 0.123 e. The minimum Gasteiger partial charge on any atom is -0.271 e. The van der Waals surface area contributed by atoms with Gasteiger partial charge in [0.25, 0.3) is 0 Å². The molecule has 0 spiro atoms. The van der Waals surface area contributed by atoms with Gasteiger partial charge in [0.05, 0.1) is 0 Å². The second kappa shape index (κ2) is 6.26. The Balaban J connectivity index is 2.14. The maximum atomic E-state index is 12.9. The van der Waals surface area contributed by atoms with Gasteiger partial charge >= 0.3 is 0 Å². The Morgan fingerprint density at radius 2 is 1.67 bits per heavy atom. The van der Waals surface area contributed by atoms with Gasteiger partial charge in [0.15, 0.2) is 0 Å². The van der Waals surface area contributed by atoms with Crippen molar-refractivity contribution in [3.63, 3.8) is 0 Å². The lowest BCUT2D eigenvalue weighted by Crippen LogP contribution is -2.29. The van der Waals surface area contributed by atoms with Gasteiger partial charge in [-0.05, 0) is 64.4 Å². The minimum absolute atomic E-state index is 0.00865. The number of hydrogen-bond donors (Lipinski definition) is 2. The van der Waals surface area contributed by atoms with Crippen molar-refractivity contribution in [3.8, 4) is 0 Å². The SMILES string of the molecule is NNC(Cc1ccc(I)cc1)c1ccc(F)cc1. The molecule has 3 N–H and O–H groups in total. The molecule has 1 atom stereocenters. The van der Waals surface area contributed by atoms with Crippen LogP contribution in [0.25, 0.3) is 0 Å². The Labute approximate surface area is 120 Å². The Morgan fingerprint density at radius 3 is 2.22 bits per heavy atom. The van der Waals surface area contributed by atoms with E-state index in [1.807, 2.05) is 0 Å². The summed E-state index contributed by atoms with van der Waals surface area (Å²) in [6.45, 7) is 0. The van der Waals surface area contributed by atoms with Gasteiger partial charge in [0, 0.05) is 9.61 Å². The van der Waals surface area contributed by atoms with E-state index in [1.165, 1.54) is 21.3 Å². The van der Waals surface area contributed by atoms with Crippen molar-refractivity contribution in [2.24, 2.45) is 5.84 Å². The average molecular weight is 356 g/mol. The Bertz CT molecular complexity index is 496. The highest BCUT2D eigenvalue weighted by Crippen LogP contribution is 2.18. The molecule has 4 heteroatoms. The molecule has 94 valence electrons. The molecule has 0 aliphatic carbocycles. The Kier molecular flexibility index (Phi) is 4.68. The van der Waals surface area contributed by atoms with Crippen molar-refractivity contribution < 1.29 is 4.39 Å². The number of hydrogen-bond acceptors (Lipinski definition) is 2. The van der Waals surface area contributed by atoms with Crippen LogP contribution in [0.5, 0.6) is 0 Å². The van der Waals surface area contributed by atoms with Crippen molar-refractivity contribution in [3.05, 3.63) is 69.0 Å². The zero-order valence-electron chi connectivity index (χ0n) is 9.74. The Hall–Kier alpha value is -0.980. The van der Waals surface area contributed by atoms with Gasteiger partial charge in [0.1, 0.15) is 5.82 Å². The van der Waals surface area contributed by atoms with Crippen LogP contribution in [-0.4, -0.2) is 0 Å². The summed E-state index contributed by atoms with van der Waals surface area (Å²) in [6, 6.07) is 14.7. The topological polar surface area (TPSA) is 38.0 Å². The lowest BCUT2D eigenvalue weighted by molar-refractivity contribution is 0.549. The number of nitrogens with two attached hydrogens (primary N) is 1. The van der Waals surface area contributed by atoms with Crippen LogP contribution in [0.4, 0.5) is 4.39 Å². The molecule has 2 aromatic rings. The van der Waals surface area contributed by atoms with E-state index < -0.39 is 0 Å². The number of halogens is 2. The van der Waals surface area contributed by atoms with E-state index in [9.17, 15) is 4.39 Å². The zero-order chi connectivity index (χ0) is 13.0. The smallest absolute Gasteiger partial charge is 0.123 e. The molecule has 0 aliphatic heterocycles. The van der Waals surface area contributed by atoms with E-state index in [1.54, 1.807) is 12.1 Å². The molecular formula is C14H14FIN2. The number of hydrazine groups is 1. The number of benzene rings is 2. The molecule has 0 heterocycles. The van der Waals surface area contributed by atoms with Crippen LogP contribution in [0, 0.1) is 9.39 Å². The summed E-state index contributed by atoms with van der Waals surface area (Å²) >= 11 is 2.27. The van der Waals surface area contributed by atoms with E-state index in [2.05, 4.69) is 52.3 Å². The van der Waals surface area contributed by atoms with Crippen LogP contribution >= 0.6 is 22.6 Å². The van der Waals surface area contributed by atoms with Crippen molar-refractivity contribution in [1.29, 1.82) is 0 Å². The van der Waals surface area contributed by atoms with Crippen LogP contribution in [0.3, 0.4) is 0 Å². The molecule has 0 saturated carbocycles. The van der Waals surface area contributed by atoms with Gasteiger partial charge in [0.2, 0.25) is 0 Å². The van der Waals surface area contributed by atoms with E-state index in [0.717, 1.165) is 12.0 Å². The molecule has 1 unspecified atom stereocenters. The van der Waals surface area contributed by atoms with Crippen LogP contribution in [0.15, 0.2) is 48.5 Å². The quantitative estimate of drug-likeness (QED) is 0.502. The third kappa shape index (κ3) is 3.51. The highest BCUT2D eigenvalue weighted by atomic mass is 127. The van der Waals surface area contributed by atoms with E-state index in [4.69, 9.17) is 5.84 Å². The first-order valence-electron chi connectivity index (χ1n) is 5.65. The molecular weight excluding hydrogens is 342 g/mol. The number of rotatable bonds is 4. The van der Waals surface area contributed by atoms with Crippen molar-refractivity contribution in [2.75, 3.05) is 0 Å². The molecule has 2 aromatic carbocycles. The molecule has 0 radical (unpaired) electrons. The van der Waals surface area contributed by atoms with Crippen LogP contribution in [0.2, 0.25) is 0 Å². The fourth-order valence-corrected chi connectivity index (χ4v) is 2.18. The average Bonchev–Trinajstić information content (AvgIpc) is 2.39. The number of nitrogens with one attached hydrogen (secondary N) is 1. The summed E-state index contributed by atoms with van der Waals surface area (Å²) in [5, 5.41) is 0. The van der Waals surface area contributed by atoms with Crippen LogP contribution in [0.1, 0.15) is 17.2 Å². The van der Waals surface area contributed by atoms with Gasteiger partial charge in [-0.25, -0.2) is 4.39 Å². The van der Waals surface area contributed by atoms with Crippen LogP contribution < -0.4 is 11.3 Å². The first-order chi connectivity index (χ1) is 8.69.